The second kappa shape index (κ2) is 6.45. The van der Waals surface area contributed by atoms with E-state index in [2.05, 4.69) is 17.1 Å². The molecule has 2 aliphatic heterocycles. The van der Waals surface area contributed by atoms with E-state index in [1.165, 1.54) is 6.42 Å². The van der Waals surface area contributed by atoms with Crippen LogP contribution in [0.1, 0.15) is 51.9 Å². The van der Waals surface area contributed by atoms with Crippen LogP contribution in [0.15, 0.2) is 24.3 Å². The Labute approximate surface area is 149 Å². The van der Waals surface area contributed by atoms with Crippen molar-refractivity contribution in [3.8, 4) is 0 Å². The number of rotatable bonds is 2. The van der Waals surface area contributed by atoms with Gasteiger partial charge < -0.3 is 5.32 Å². The lowest BCUT2D eigenvalue weighted by molar-refractivity contribution is -0.128. The van der Waals surface area contributed by atoms with E-state index in [4.69, 9.17) is 0 Å². The van der Waals surface area contributed by atoms with E-state index in [9.17, 15) is 9.59 Å². The number of carbonyl (C=O) groups is 2. The van der Waals surface area contributed by atoms with E-state index in [-0.39, 0.29) is 11.8 Å². The minimum atomic E-state index is -0.690. The fourth-order valence-electron chi connectivity index (χ4n) is 4.77. The molecule has 134 valence electrons. The topological polar surface area (TPSA) is 52.7 Å². The molecule has 1 unspecified atom stereocenters. The fourth-order valence-corrected chi connectivity index (χ4v) is 4.77. The third kappa shape index (κ3) is 2.74. The third-order valence-electron chi connectivity index (χ3n) is 6.20. The van der Waals surface area contributed by atoms with Gasteiger partial charge in [0, 0.05) is 6.04 Å². The molecule has 1 saturated heterocycles. The van der Waals surface area contributed by atoms with Crippen molar-refractivity contribution in [2.75, 3.05) is 23.3 Å². The average molecular weight is 341 g/mol. The molecule has 1 aliphatic carbocycles. The van der Waals surface area contributed by atoms with E-state index in [0.717, 1.165) is 56.4 Å². The van der Waals surface area contributed by atoms with Crippen molar-refractivity contribution in [3.63, 3.8) is 0 Å². The first kappa shape index (κ1) is 16.6. The van der Waals surface area contributed by atoms with Gasteiger partial charge in [0.05, 0.1) is 17.9 Å². The Morgan fingerprint density at radius 3 is 2.72 bits per heavy atom. The van der Waals surface area contributed by atoms with Gasteiger partial charge in [-0.15, -0.1) is 0 Å². The molecule has 1 atom stereocenters. The summed E-state index contributed by atoms with van der Waals surface area (Å²) < 4.78 is 0. The Hall–Kier alpha value is -1.88. The van der Waals surface area contributed by atoms with Crippen molar-refractivity contribution in [3.05, 3.63) is 24.3 Å². The van der Waals surface area contributed by atoms with Crippen molar-refractivity contribution in [2.45, 2.75) is 63.5 Å². The number of piperidine rings is 1. The van der Waals surface area contributed by atoms with Crippen LogP contribution in [0, 0.1) is 0 Å². The van der Waals surface area contributed by atoms with Gasteiger partial charge in [-0.2, -0.15) is 0 Å². The van der Waals surface area contributed by atoms with Crippen LogP contribution in [0.3, 0.4) is 0 Å². The van der Waals surface area contributed by atoms with E-state index < -0.39 is 5.54 Å². The molecule has 1 spiro atoms. The number of fused-ring (bicyclic) bond motifs is 1. The van der Waals surface area contributed by atoms with Crippen molar-refractivity contribution < 1.29 is 9.59 Å². The predicted molar refractivity (Wildman–Crippen MR) is 98.6 cm³/mol. The highest BCUT2D eigenvalue weighted by atomic mass is 16.2. The first-order valence-electron chi connectivity index (χ1n) is 9.59. The largest absolute Gasteiger partial charge is 0.322 e. The highest BCUT2D eigenvalue weighted by Crippen LogP contribution is 2.45. The normalized spacial score (nSPS) is 25.7. The number of benzene rings is 1. The number of para-hydroxylation sites is 2. The molecule has 5 nitrogen and oxygen atoms in total. The van der Waals surface area contributed by atoms with Gasteiger partial charge in [0.2, 0.25) is 5.91 Å². The van der Waals surface area contributed by atoms with E-state index in [1.54, 1.807) is 0 Å². The summed E-state index contributed by atoms with van der Waals surface area (Å²) in [6.45, 7) is 3.58. The summed E-state index contributed by atoms with van der Waals surface area (Å²) in [4.78, 5) is 30.4. The van der Waals surface area contributed by atoms with Crippen molar-refractivity contribution in [1.29, 1.82) is 0 Å². The summed E-state index contributed by atoms with van der Waals surface area (Å²) in [5.41, 5.74) is 0.925. The van der Waals surface area contributed by atoms with Crippen molar-refractivity contribution in [2.24, 2.45) is 0 Å². The van der Waals surface area contributed by atoms with Crippen molar-refractivity contribution >= 4 is 23.2 Å². The molecule has 3 aliphatic rings. The highest BCUT2D eigenvalue weighted by molar-refractivity contribution is 6.15. The van der Waals surface area contributed by atoms with Crippen LogP contribution < -0.4 is 10.2 Å². The Bertz CT molecular complexity index is 681. The number of hydrogen-bond acceptors (Lipinski definition) is 3. The number of carbonyl (C=O) groups excluding carboxylic acids is 2. The van der Waals surface area contributed by atoms with Crippen molar-refractivity contribution in [1.82, 2.24) is 4.90 Å². The summed E-state index contributed by atoms with van der Waals surface area (Å²) in [7, 11) is 0. The minimum Gasteiger partial charge on any atom is -0.322 e. The van der Waals surface area contributed by atoms with Crippen LogP contribution in [0.4, 0.5) is 11.4 Å². The Kier molecular flexibility index (Phi) is 4.28. The Morgan fingerprint density at radius 2 is 1.96 bits per heavy atom. The lowest BCUT2D eigenvalue weighted by Gasteiger charge is -2.45. The van der Waals surface area contributed by atoms with Crippen LogP contribution in [0.25, 0.3) is 0 Å². The van der Waals surface area contributed by atoms with Gasteiger partial charge in [0.1, 0.15) is 5.54 Å². The molecule has 0 aromatic heterocycles. The fraction of sp³-hybridized carbons (Fsp3) is 0.600. The SMILES string of the molecule is CC1CCCCN1CC(=O)N1c2ccccc2NC(=O)C12CCCC2. The quantitative estimate of drug-likeness (QED) is 0.899. The Balaban J connectivity index is 1.68. The number of nitrogens with zero attached hydrogens (tertiary/aromatic N) is 2. The molecule has 0 bridgehead atoms. The third-order valence-corrected chi connectivity index (χ3v) is 6.20. The molecule has 1 aromatic carbocycles. The zero-order valence-corrected chi connectivity index (χ0v) is 15.0. The molecule has 2 heterocycles. The van der Waals surface area contributed by atoms with Gasteiger partial charge in [0.25, 0.3) is 5.91 Å². The van der Waals surface area contributed by atoms with Gasteiger partial charge in [-0.05, 0) is 51.3 Å². The van der Waals surface area contributed by atoms with Gasteiger partial charge in [0.15, 0.2) is 0 Å². The number of amides is 2. The first-order valence-corrected chi connectivity index (χ1v) is 9.59. The molecule has 25 heavy (non-hydrogen) atoms. The predicted octanol–water partition coefficient (Wildman–Crippen LogP) is 3.16. The summed E-state index contributed by atoms with van der Waals surface area (Å²) in [6, 6.07) is 8.14. The summed E-state index contributed by atoms with van der Waals surface area (Å²) >= 11 is 0. The van der Waals surface area contributed by atoms with Crippen LogP contribution in [0.2, 0.25) is 0 Å². The van der Waals surface area contributed by atoms with E-state index >= 15 is 0 Å². The molecule has 4 rings (SSSR count). The molecular weight excluding hydrogens is 314 g/mol. The zero-order valence-electron chi connectivity index (χ0n) is 15.0. The monoisotopic (exact) mass is 341 g/mol. The maximum Gasteiger partial charge on any atom is 0.250 e. The number of hydrogen-bond donors (Lipinski definition) is 1. The van der Waals surface area contributed by atoms with E-state index in [0.29, 0.717) is 12.6 Å². The second-order valence-corrected chi connectivity index (χ2v) is 7.75. The van der Waals surface area contributed by atoms with Crippen LogP contribution in [-0.4, -0.2) is 41.4 Å². The Morgan fingerprint density at radius 1 is 1.20 bits per heavy atom. The van der Waals surface area contributed by atoms with Crippen LogP contribution >= 0.6 is 0 Å². The molecule has 1 aromatic rings. The number of nitrogens with one attached hydrogen (secondary N) is 1. The number of likely N-dealkylation sites (tertiary alicyclic amines) is 1. The second-order valence-electron chi connectivity index (χ2n) is 7.75. The lowest BCUT2D eigenvalue weighted by Crippen LogP contribution is -2.62. The van der Waals surface area contributed by atoms with Crippen LogP contribution in [0.5, 0.6) is 0 Å². The molecule has 2 fully saturated rings. The molecule has 1 N–H and O–H groups in total. The number of anilines is 2. The molecular formula is C20H27N3O2. The molecule has 5 heteroatoms. The van der Waals surface area contributed by atoms with Gasteiger partial charge in [-0.25, -0.2) is 0 Å². The van der Waals surface area contributed by atoms with E-state index in [1.807, 2.05) is 29.2 Å². The smallest absolute Gasteiger partial charge is 0.250 e. The van der Waals surface area contributed by atoms with Gasteiger partial charge in [-0.3, -0.25) is 19.4 Å². The minimum absolute atomic E-state index is 0.0104. The molecule has 0 radical (unpaired) electrons. The summed E-state index contributed by atoms with van der Waals surface area (Å²) in [6.07, 6.45) is 7.06. The van der Waals surface area contributed by atoms with Gasteiger partial charge in [-0.1, -0.05) is 31.4 Å². The molecule has 2 amide bonds. The highest BCUT2D eigenvalue weighted by Gasteiger charge is 2.52. The van der Waals surface area contributed by atoms with Crippen LogP contribution in [-0.2, 0) is 9.59 Å². The first-order chi connectivity index (χ1) is 12.1. The van der Waals surface area contributed by atoms with Gasteiger partial charge >= 0.3 is 0 Å². The average Bonchev–Trinajstić information content (AvgIpc) is 3.08. The molecule has 1 saturated carbocycles. The maximum atomic E-state index is 13.4. The lowest BCUT2D eigenvalue weighted by atomic mass is 9.89. The maximum absolute atomic E-state index is 13.4. The summed E-state index contributed by atoms with van der Waals surface area (Å²) in [5.74, 6) is 0.0571. The summed E-state index contributed by atoms with van der Waals surface area (Å²) in [5, 5.41) is 3.04. The standard InChI is InChI=1S/C20H27N3O2/c1-15-8-4-7-13-22(15)14-18(24)23-17-10-3-2-9-16(17)21-19(25)20(23)11-5-6-12-20/h2-3,9-10,15H,4-8,11-14H2,1H3,(H,21,25). The zero-order chi connectivity index (χ0) is 17.4.